The maximum atomic E-state index is 11.4. The molecule has 4 heteroatoms. The van der Waals surface area contributed by atoms with E-state index in [0.717, 1.165) is 29.1 Å². The number of aromatic nitrogens is 1. The quantitative estimate of drug-likeness (QED) is 0.866. The number of benzene rings is 1. The van der Waals surface area contributed by atoms with Crippen molar-refractivity contribution in [1.29, 1.82) is 0 Å². The Hall–Kier alpha value is -1.68. The average molecular weight is 289 g/mol. The lowest BCUT2D eigenvalue weighted by Crippen LogP contribution is -2.04. The van der Waals surface area contributed by atoms with Crippen molar-refractivity contribution in [1.82, 2.24) is 4.98 Å². The second-order valence-electron chi connectivity index (χ2n) is 4.92. The van der Waals surface area contributed by atoms with Crippen molar-refractivity contribution < 1.29 is 9.90 Å². The van der Waals surface area contributed by atoms with Crippen molar-refractivity contribution in [2.24, 2.45) is 0 Å². The summed E-state index contributed by atoms with van der Waals surface area (Å²) in [5.74, 6) is -0.653. The molecule has 0 saturated carbocycles. The van der Waals surface area contributed by atoms with Crippen LogP contribution in [-0.4, -0.2) is 16.1 Å². The van der Waals surface area contributed by atoms with E-state index < -0.39 is 5.97 Å². The second-order valence-corrected chi connectivity index (χ2v) is 5.92. The van der Waals surface area contributed by atoms with Gasteiger partial charge in [-0.3, -0.25) is 0 Å². The highest BCUT2D eigenvalue weighted by Crippen LogP contribution is 2.34. The summed E-state index contributed by atoms with van der Waals surface area (Å²) in [6, 6.07) is 8.04. The summed E-state index contributed by atoms with van der Waals surface area (Å²) in [5.41, 5.74) is 2.91. The van der Waals surface area contributed by atoms with Gasteiger partial charge in [0.25, 0.3) is 0 Å². The van der Waals surface area contributed by atoms with Gasteiger partial charge in [-0.15, -0.1) is 11.3 Å². The molecule has 0 spiro atoms. The maximum Gasteiger partial charge on any atom is 0.347 e. The number of thiazole rings is 1. The smallest absolute Gasteiger partial charge is 0.347 e. The van der Waals surface area contributed by atoms with Gasteiger partial charge in [-0.05, 0) is 19.8 Å². The highest BCUT2D eigenvalue weighted by atomic mass is 32.1. The number of carboxylic acids is 1. The number of rotatable bonds is 5. The largest absolute Gasteiger partial charge is 0.477 e. The zero-order valence-corrected chi connectivity index (χ0v) is 12.8. The number of hydrogen-bond acceptors (Lipinski definition) is 3. The topological polar surface area (TPSA) is 50.2 Å². The summed E-state index contributed by atoms with van der Waals surface area (Å²) in [6.45, 7) is 6.18. The molecule has 106 valence electrons. The minimum Gasteiger partial charge on any atom is -0.477 e. The number of nitrogens with zero attached hydrogens (tertiary/aromatic N) is 1. The molecule has 0 radical (unpaired) electrons. The van der Waals surface area contributed by atoms with Crippen LogP contribution < -0.4 is 0 Å². The van der Waals surface area contributed by atoms with Crippen LogP contribution in [0.5, 0.6) is 0 Å². The van der Waals surface area contributed by atoms with E-state index in [1.54, 1.807) is 0 Å². The van der Waals surface area contributed by atoms with Gasteiger partial charge < -0.3 is 5.11 Å². The molecule has 1 aromatic heterocycles. The first-order chi connectivity index (χ1) is 9.56. The molecular formula is C16H19NO2S. The Bertz CT molecular complexity index is 597. The second kappa shape index (κ2) is 6.18. The van der Waals surface area contributed by atoms with Gasteiger partial charge in [0.15, 0.2) is 0 Å². The van der Waals surface area contributed by atoms with E-state index in [9.17, 15) is 9.90 Å². The molecule has 0 bridgehead atoms. The Morgan fingerprint density at radius 1 is 1.25 bits per heavy atom. The van der Waals surface area contributed by atoms with Crippen LogP contribution >= 0.6 is 11.3 Å². The fraction of sp³-hybridized carbons (Fsp3) is 0.375. The molecule has 1 heterocycles. The Morgan fingerprint density at radius 3 is 2.35 bits per heavy atom. The van der Waals surface area contributed by atoms with E-state index in [-0.39, 0.29) is 5.92 Å². The summed E-state index contributed by atoms with van der Waals surface area (Å²) in [6.07, 6.45) is 1.82. The molecule has 1 N–H and O–H groups in total. The predicted molar refractivity (Wildman–Crippen MR) is 82.6 cm³/mol. The zero-order valence-electron chi connectivity index (χ0n) is 12.0. The Labute approximate surface area is 123 Å². The molecular weight excluding hydrogens is 270 g/mol. The highest BCUT2D eigenvalue weighted by molar-refractivity contribution is 7.17. The van der Waals surface area contributed by atoms with Crippen molar-refractivity contribution >= 4 is 17.3 Å². The third-order valence-electron chi connectivity index (χ3n) is 3.52. The van der Waals surface area contributed by atoms with Gasteiger partial charge in [-0.1, -0.05) is 43.7 Å². The lowest BCUT2D eigenvalue weighted by atomic mass is 9.98. The highest BCUT2D eigenvalue weighted by Gasteiger charge is 2.23. The molecule has 3 nitrogen and oxygen atoms in total. The molecule has 0 aliphatic rings. The van der Waals surface area contributed by atoms with Gasteiger partial charge in [-0.25, -0.2) is 9.78 Å². The minimum absolute atomic E-state index is 0.219. The summed E-state index contributed by atoms with van der Waals surface area (Å²) < 4.78 is 0. The van der Waals surface area contributed by atoms with Crippen LogP contribution in [0.1, 0.15) is 53.5 Å². The standard InChI is InChI=1S/C16H19NO2S/c1-4-11(5-2)13-14(16(18)19)20-15(17-13)12-8-6-10(3)7-9-12/h6-9,11H,4-5H2,1-3H3,(H,18,19). The van der Waals surface area contributed by atoms with Gasteiger partial charge in [0.1, 0.15) is 9.88 Å². The van der Waals surface area contributed by atoms with E-state index in [1.807, 2.05) is 31.2 Å². The molecule has 0 aliphatic heterocycles. The fourth-order valence-electron chi connectivity index (χ4n) is 2.26. The lowest BCUT2D eigenvalue weighted by Gasteiger charge is -2.09. The van der Waals surface area contributed by atoms with Crippen LogP contribution in [0.3, 0.4) is 0 Å². The number of carbonyl (C=O) groups is 1. The van der Waals surface area contributed by atoms with Gasteiger partial charge >= 0.3 is 5.97 Å². The van der Waals surface area contributed by atoms with Crippen LogP contribution in [0.15, 0.2) is 24.3 Å². The molecule has 0 saturated heterocycles. The average Bonchev–Trinajstić information content (AvgIpc) is 2.86. The normalized spacial score (nSPS) is 11.0. The van der Waals surface area contributed by atoms with Gasteiger partial charge in [0.05, 0.1) is 5.69 Å². The van der Waals surface area contributed by atoms with Gasteiger partial charge in [-0.2, -0.15) is 0 Å². The minimum atomic E-state index is -0.872. The van der Waals surface area contributed by atoms with E-state index in [2.05, 4.69) is 18.8 Å². The molecule has 2 rings (SSSR count). The lowest BCUT2D eigenvalue weighted by molar-refractivity contribution is 0.0700. The Kier molecular flexibility index (Phi) is 4.55. The SMILES string of the molecule is CCC(CC)c1nc(-c2ccc(C)cc2)sc1C(=O)O. The van der Waals surface area contributed by atoms with Crippen molar-refractivity contribution in [2.45, 2.75) is 39.5 Å². The fourth-order valence-corrected chi connectivity index (χ4v) is 3.25. The molecule has 0 unspecified atom stereocenters. The number of aryl methyl sites for hydroxylation is 1. The molecule has 0 amide bonds. The molecule has 20 heavy (non-hydrogen) atoms. The summed E-state index contributed by atoms with van der Waals surface area (Å²) in [4.78, 5) is 16.4. The summed E-state index contributed by atoms with van der Waals surface area (Å²) in [5, 5.41) is 10.2. The monoisotopic (exact) mass is 289 g/mol. The molecule has 0 atom stereocenters. The van der Waals surface area contributed by atoms with Crippen molar-refractivity contribution in [2.75, 3.05) is 0 Å². The molecule has 1 aromatic carbocycles. The van der Waals surface area contributed by atoms with E-state index >= 15 is 0 Å². The van der Waals surface area contributed by atoms with Gasteiger partial charge in [0.2, 0.25) is 0 Å². The summed E-state index contributed by atoms with van der Waals surface area (Å²) >= 11 is 1.27. The molecule has 0 fully saturated rings. The van der Waals surface area contributed by atoms with Crippen molar-refractivity contribution in [3.05, 3.63) is 40.4 Å². The van der Waals surface area contributed by atoms with Crippen molar-refractivity contribution in [3.63, 3.8) is 0 Å². The van der Waals surface area contributed by atoms with Crippen LogP contribution in [0.2, 0.25) is 0 Å². The van der Waals surface area contributed by atoms with Crippen LogP contribution in [0.4, 0.5) is 0 Å². The molecule has 2 aromatic rings. The number of carboxylic acid groups (broad SMARTS) is 1. The van der Waals surface area contributed by atoms with Crippen molar-refractivity contribution in [3.8, 4) is 10.6 Å². The van der Waals surface area contributed by atoms with E-state index in [1.165, 1.54) is 16.9 Å². The first kappa shape index (κ1) is 14.7. The maximum absolute atomic E-state index is 11.4. The number of aromatic carboxylic acids is 1. The Balaban J connectivity index is 2.48. The van der Waals surface area contributed by atoms with Crippen LogP contribution in [-0.2, 0) is 0 Å². The van der Waals surface area contributed by atoms with Crippen LogP contribution in [0.25, 0.3) is 10.6 Å². The van der Waals surface area contributed by atoms with E-state index in [4.69, 9.17) is 0 Å². The molecule has 0 aliphatic carbocycles. The first-order valence-corrected chi connectivity index (χ1v) is 7.69. The predicted octanol–water partition coefficient (Wildman–Crippen LogP) is 4.72. The first-order valence-electron chi connectivity index (χ1n) is 6.87. The van der Waals surface area contributed by atoms with Crippen LogP contribution in [0, 0.1) is 6.92 Å². The Morgan fingerprint density at radius 2 is 1.85 bits per heavy atom. The van der Waals surface area contributed by atoms with Gasteiger partial charge in [0, 0.05) is 11.5 Å². The third-order valence-corrected chi connectivity index (χ3v) is 4.63. The van der Waals surface area contributed by atoms with E-state index in [0.29, 0.717) is 4.88 Å². The number of hydrogen-bond donors (Lipinski definition) is 1. The summed E-state index contributed by atoms with van der Waals surface area (Å²) in [7, 11) is 0. The third kappa shape index (κ3) is 2.90. The zero-order chi connectivity index (χ0) is 14.7.